The molecule has 41 heavy (non-hydrogen) atoms. The van der Waals surface area contributed by atoms with Gasteiger partial charge < -0.3 is 14.7 Å². The molecule has 1 saturated carbocycles. The van der Waals surface area contributed by atoms with Gasteiger partial charge in [0.15, 0.2) is 0 Å². The van der Waals surface area contributed by atoms with Crippen molar-refractivity contribution < 1.29 is 0 Å². The van der Waals surface area contributed by atoms with Gasteiger partial charge in [-0.2, -0.15) is 0 Å². The van der Waals surface area contributed by atoms with Crippen LogP contribution in [0.5, 0.6) is 0 Å². The minimum atomic E-state index is -0.0325. The van der Waals surface area contributed by atoms with Gasteiger partial charge in [0.1, 0.15) is 0 Å². The Morgan fingerprint density at radius 2 is 1.39 bits per heavy atom. The second kappa shape index (κ2) is 9.71. The number of fused-ring (bicyclic) bond motifs is 3. The molecule has 2 aliphatic heterocycles. The fraction of sp³-hybridized carbons (Fsp3) is 0.194. The molecule has 5 heteroatoms. The first-order valence-electron chi connectivity index (χ1n) is 14.5. The van der Waals surface area contributed by atoms with E-state index in [0.717, 1.165) is 19.5 Å². The third-order valence-electron chi connectivity index (χ3n) is 9.03. The highest BCUT2D eigenvalue weighted by atomic mass is 32.2. The number of nitrogens with zero attached hydrogens (tertiary/aromatic N) is 4. The van der Waals surface area contributed by atoms with Crippen LogP contribution in [0.3, 0.4) is 0 Å². The van der Waals surface area contributed by atoms with E-state index in [4.69, 9.17) is 4.98 Å². The third-order valence-corrected chi connectivity index (χ3v) is 10.2. The van der Waals surface area contributed by atoms with Crippen molar-refractivity contribution in [1.82, 2.24) is 4.98 Å². The maximum Gasteiger partial charge on any atom is 0.0950 e. The van der Waals surface area contributed by atoms with Gasteiger partial charge >= 0.3 is 0 Å². The van der Waals surface area contributed by atoms with Crippen LogP contribution in [-0.4, -0.2) is 18.7 Å². The largest absolute Gasteiger partial charge is 0.355 e. The molecule has 1 aliphatic carbocycles. The van der Waals surface area contributed by atoms with Crippen molar-refractivity contribution in [1.29, 1.82) is 0 Å². The smallest absolute Gasteiger partial charge is 0.0950 e. The summed E-state index contributed by atoms with van der Waals surface area (Å²) in [4.78, 5) is 14.7. The second-order valence-electron chi connectivity index (χ2n) is 11.4. The molecule has 8 rings (SSSR count). The maximum atomic E-state index is 4.89. The molecule has 4 nitrogen and oxygen atoms in total. The van der Waals surface area contributed by atoms with Gasteiger partial charge in [0.25, 0.3) is 0 Å². The molecule has 0 radical (unpaired) electrons. The lowest BCUT2D eigenvalue weighted by Gasteiger charge is -2.36. The van der Waals surface area contributed by atoms with Crippen molar-refractivity contribution in [3.05, 3.63) is 127 Å². The topological polar surface area (TPSA) is 22.6 Å². The van der Waals surface area contributed by atoms with Gasteiger partial charge in [0, 0.05) is 39.8 Å². The quantitative estimate of drug-likeness (QED) is 0.217. The molecule has 0 saturated heterocycles. The summed E-state index contributed by atoms with van der Waals surface area (Å²) in [6, 6.07) is 40.1. The molecule has 3 heterocycles. The van der Waals surface area contributed by atoms with Gasteiger partial charge in [-0.1, -0.05) is 67.1 Å². The van der Waals surface area contributed by atoms with Crippen LogP contribution in [0.2, 0.25) is 0 Å². The third kappa shape index (κ3) is 3.94. The molecule has 0 N–H and O–H groups in total. The van der Waals surface area contributed by atoms with Gasteiger partial charge in [0.2, 0.25) is 0 Å². The summed E-state index contributed by atoms with van der Waals surface area (Å²) >= 11 is 1.87. The van der Waals surface area contributed by atoms with Crippen molar-refractivity contribution >= 4 is 45.9 Å². The van der Waals surface area contributed by atoms with Gasteiger partial charge in [-0.3, -0.25) is 4.98 Å². The Hall–Kier alpha value is -4.22. The molecule has 202 valence electrons. The highest BCUT2D eigenvalue weighted by molar-refractivity contribution is 7.99. The standard InChI is InChI=1S/C36H32N4S/c1-38-25-39(30-14-3-2-13-29(30)38)27-11-10-12-28(24-27)40-31-15-4-5-16-33(31)41-34-19-18-26(23-32(34)40)36(20-7-8-21-36)35-17-6-9-22-37-35/h2-6,9-19,22-24H,7-8,20-21,25H2,1H3. The van der Waals surface area contributed by atoms with E-state index >= 15 is 0 Å². The first-order valence-corrected chi connectivity index (χ1v) is 15.3. The Bertz CT molecular complexity index is 1740. The first kappa shape index (κ1) is 24.6. The summed E-state index contributed by atoms with van der Waals surface area (Å²) in [7, 11) is 2.17. The SMILES string of the molecule is CN1CN(c2cccc(N3c4ccccc4Sc4ccc(C5(c6ccccn6)CCCC5)cc43)c2)c2ccccc21. The Kier molecular flexibility index (Phi) is 5.82. The van der Waals surface area contributed by atoms with E-state index in [0.29, 0.717) is 0 Å². The van der Waals surface area contributed by atoms with Crippen molar-refractivity contribution in [3.8, 4) is 0 Å². The number of hydrogen-bond donors (Lipinski definition) is 0. The average molecular weight is 553 g/mol. The number of hydrogen-bond acceptors (Lipinski definition) is 5. The highest BCUT2D eigenvalue weighted by Gasteiger charge is 2.39. The van der Waals surface area contributed by atoms with Gasteiger partial charge in [-0.15, -0.1) is 0 Å². The number of benzene rings is 4. The summed E-state index contributed by atoms with van der Waals surface area (Å²) in [5.41, 5.74) is 9.94. The van der Waals surface area contributed by atoms with Crippen LogP contribution in [0.4, 0.5) is 34.1 Å². The van der Waals surface area contributed by atoms with E-state index in [1.165, 1.54) is 68.0 Å². The molecule has 0 spiro atoms. The van der Waals surface area contributed by atoms with Crippen molar-refractivity contribution in [2.45, 2.75) is 40.9 Å². The molecule has 3 aliphatic rings. The predicted octanol–water partition coefficient (Wildman–Crippen LogP) is 9.42. The first-order chi connectivity index (χ1) is 20.2. The number of aromatic nitrogens is 1. The summed E-state index contributed by atoms with van der Waals surface area (Å²) in [6.45, 7) is 0.836. The van der Waals surface area contributed by atoms with Crippen LogP contribution < -0.4 is 14.7 Å². The van der Waals surface area contributed by atoms with Crippen LogP contribution in [0.25, 0.3) is 0 Å². The van der Waals surface area contributed by atoms with E-state index in [2.05, 4.69) is 125 Å². The minimum Gasteiger partial charge on any atom is -0.355 e. The molecule has 0 atom stereocenters. The zero-order valence-electron chi connectivity index (χ0n) is 23.2. The van der Waals surface area contributed by atoms with E-state index in [1.807, 2.05) is 24.0 Å². The van der Waals surface area contributed by atoms with Crippen LogP contribution in [0.15, 0.2) is 125 Å². The Labute approximate surface area is 246 Å². The molecular formula is C36H32N4S. The predicted molar refractivity (Wildman–Crippen MR) is 171 cm³/mol. The lowest BCUT2D eigenvalue weighted by molar-refractivity contribution is 0.518. The zero-order valence-corrected chi connectivity index (χ0v) is 24.0. The fourth-order valence-corrected chi connectivity index (χ4v) is 8.09. The van der Waals surface area contributed by atoms with E-state index in [9.17, 15) is 0 Å². The fourth-order valence-electron chi connectivity index (χ4n) is 7.05. The summed E-state index contributed by atoms with van der Waals surface area (Å²) in [6.07, 6.45) is 6.71. The summed E-state index contributed by atoms with van der Waals surface area (Å²) in [5, 5.41) is 0. The number of para-hydroxylation sites is 3. The van der Waals surface area contributed by atoms with Gasteiger partial charge in [-0.25, -0.2) is 0 Å². The molecule has 1 aromatic heterocycles. The maximum absolute atomic E-state index is 4.89. The van der Waals surface area contributed by atoms with Gasteiger partial charge in [-0.05, 0) is 85.1 Å². The second-order valence-corrected chi connectivity index (χ2v) is 12.5. The Morgan fingerprint density at radius 1 is 0.659 bits per heavy atom. The van der Waals surface area contributed by atoms with Crippen LogP contribution in [0, 0.1) is 0 Å². The molecule has 5 aromatic rings. The zero-order chi connectivity index (χ0) is 27.4. The van der Waals surface area contributed by atoms with Crippen LogP contribution in [0.1, 0.15) is 36.9 Å². The molecule has 1 fully saturated rings. The summed E-state index contributed by atoms with van der Waals surface area (Å²) in [5.74, 6) is 0. The highest BCUT2D eigenvalue weighted by Crippen LogP contribution is 2.54. The van der Waals surface area contributed by atoms with Crippen molar-refractivity contribution in [2.24, 2.45) is 0 Å². The number of rotatable bonds is 4. The molecular weight excluding hydrogens is 520 g/mol. The van der Waals surface area contributed by atoms with Gasteiger partial charge in [0.05, 0.1) is 35.1 Å². The van der Waals surface area contributed by atoms with Crippen LogP contribution in [-0.2, 0) is 5.41 Å². The van der Waals surface area contributed by atoms with E-state index in [-0.39, 0.29) is 5.41 Å². The summed E-state index contributed by atoms with van der Waals surface area (Å²) < 4.78 is 0. The normalized spacial score (nSPS) is 16.9. The van der Waals surface area contributed by atoms with Crippen LogP contribution >= 0.6 is 11.8 Å². The lowest BCUT2D eigenvalue weighted by Crippen LogP contribution is -2.26. The number of pyridine rings is 1. The monoisotopic (exact) mass is 552 g/mol. The lowest BCUT2D eigenvalue weighted by atomic mass is 9.75. The average Bonchev–Trinajstić information content (AvgIpc) is 3.66. The van der Waals surface area contributed by atoms with Crippen molar-refractivity contribution in [2.75, 3.05) is 28.4 Å². The van der Waals surface area contributed by atoms with E-state index in [1.54, 1.807) is 0 Å². The van der Waals surface area contributed by atoms with Crippen molar-refractivity contribution in [3.63, 3.8) is 0 Å². The number of anilines is 6. The molecule has 0 amide bonds. The molecule has 0 bridgehead atoms. The Morgan fingerprint density at radius 3 is 2.22 bits per heavy atom. The molecule has 0 unspecified atom stereocenters. The van der Waals surface area contributed by atoms with E-state index < -0.39 is 0 Å². The minimum absolute atomic E-state index is 0.0325. The molecule has 4 aromatic carbocycles. The Balaban J connectivity index is 1.27.